The van der Waals surface area contributed by atoms with Crippen LogP contribution in [0.1, 0.15) is 20.8 Å². The molecule has 1 aliphatic heterocycles. The van der Waals surface area contributed by atoms with E-state index in [1.54, 1.807) is 0 Å². The van der Waals surface area contributed by atoms with Crippen LogP contribution in [-0.4, -0.2) is 18.5 Å². The summed E-state index contributed by atoms with van der Waals surface area (Å²) in [4.78, 5) is 4.53. The summed E-state index contributed by atoms with van der Waals surface area (Å²) in [6, 6.07) is 5.59. The maximum Gasteiger partial charge on any atom is 0.153 e. The van der Waals surface area contributed by atoms with E-state index in [-0.39, 0.29) is 6.10 Å². The lowest BCUT2D eigenvalue weighted by Gasteiger charge is -2.26. The minimum absolute atomic E-state index is 0.0372. The predicted molar refractivity (Wildman–Crippen MR) is 71.7 cm³/mol. The van der Waals surface area contributed by atoms with Crippen molar-refractivity contribution in [3.05, 3.63) is 18.2 Å². The number of rotatable bonds is 2. The molecule has 1 aliphatic rings. The Morgan fingerprint density at radius 3 is 2.94 bits per heavy atom. The summed E-state index contributed by atoms with van der Waals surface area (Å²) in [6.07, 6.45) is -0.0372. The van der Waals surface area contributed by atoms with E-state index in [0.717, 1.165) is 29.5 Å². The summed E-state index contributed by atoms with van der Waals surface area (Å²) in [6.45, 7) is 7.08. The molecule has 0 amide bonds. The van der Waals surface area contributed by atoms with Gasteiger partial charge in [-0.05, 0) is 31.0 Å². The van der Waals surface area contributed by atoms with Crippen LogP contribution in [0, 0.1) is 5.92 Å². The van der Waals surface area contributed by atoms with Gasteiger partial charge in [-0.3, -0.25) is 4.99 Å². The summed E-state index contributed by atoms with van der Waals surface area (Å²) in [5.41, 5.74) is 7.36. The number of nitrogen functional groups attached to an aromatic ring is 1. The minimum Gasteiger partial charge on any atom is -0.481 e. The number of ether oxygens (including phenoxy) is 1. The average Bonchev–Trinajstić information content (AvgIpc) is 2.26. The Kier molecular flexibility index (Phi) is 3.22. The van der Waals surface area contributed by atoms with E-state index in [4.69, 9.17) is 10.5 Å². The number of nitrogens with one attached hydrogen (secondary N) is 1. The first kappa shape index (κ1) is 11.8. The van der Waals surface area contributed by atoms with Gasteiger partial charge in [0.05, 0.1) is 5.69 Å². The Bertz CT molecular complexity index is 440. The summed E-state index contributed by atoms with van der Waals surface area (Å²) in [5, 5.41) is 3.29. The van der Waals surface area contributed by atoms with Crippen LogP contribution in [0.3, 0.4) is 0 Å². The number of aliphatic imine (C=N–C) groups is 1. The van der Waals surface area contributed by atoms with Gasteiger partial charge in [0.15, 0.2) is 6.10 Å². The summed E-state index contributed by atoms with van der Waals surface area (Å²) in [7, 11) is 0. The first-order valence-corrected chi connectivity index (χ1v) is 5.94. The zero-order valence-electron chi connectivity index (χ0n) is 10.5. The second-order valence-electron chi connectivity index (χ2n) is 4.76. The number of anilines is 2. The standard InChI is InChI=1S/C13H19N3O/c1-8(2)7-15-13-9(3)17-12-5-4-10(14)6-11(12)16-13/h4-6,8-9H,7,14H2,1-3H3,(H,15,16). The molecule has 0 radical (unpaired) electrons. The first-order valence-electron chi connectivity index (χ1n) is 5.94. The number of fused-ring (bicyclic) bond motifs is 1. The molecule has 1 aromatic carbocycles. The second-order valence-corrected chi connectivity index (χ2v) is 4.76. The van der Waals surface area contributed by atoms with Crippen molar-refractivity contribution in [2.75, 3.05) is 17.6 Å². The van der Waals surface area contributed by atoms with Crippen LogP contribution >= 0.6 is 0 Å². The first-order chi connectivity index (χ1) is 8.06. The van der Waals surface area contributed by atoms with Crippen LogP contribution in [0.4, 0.5) is 11.4 Å². The van der Waals surface area contributed by atoms with Crippen molar-refractivity contribution in [1.82, 2.24) is 0 Å². The molecule has 1 atom stereocenters. The highest BCUT2D eigenvalue weighted by Gasteiger charge is 2.21. The van der Waals surface area contributed by atoms with E-state index in [2.05, 4.69) is 24.2 Å². The van der Waals surface area contributed by atoms with Crippen molar-refractivity contribution in [2.45, 2.75) is 26.9 Å². The Morgan fingerprint density at radius 1 is 1.47 bits per heavy atom. The van der Waals surface area contributed by atoms with Crippen LogP contribution in [0.25, 0.3) is 0 Å². The number of hydrogen-bond donors (Lipinski definition) is 2. The largest absolute Gasteiger partial charge is 0.481 e. The maximum atomic E-state index is 5.78. The van der Waals surface area contributed by atoms with Crippen molar-refractivity contribution < 1.29 is 4.74 Å². The van der Waals surface area contributed by atoms with Gasteiger partial charge in [0, 0.05) is 12.2 Å². The van der Waals surface area contributed by atoms with Crippen molar-refractivity contribution in [3.8, 4) is 5.75 Å². The fraction of sp³-hybridized carbons (Fsp3) is 0.462. The zero-order valence-corrected chi connectivity index (χ0v) is 10.5. The fourth-order valence-corrected chi connectivity index (χ4v) is 1.68. The lowest BCUT2D eigenvalue weighted by Crippen LogP contribution is -2.35. The van der Waals surface area contributed by atoms with Gasteiger partial charge in [0.1, 0.15) is 11.6 Å². The van der Waals surface area contributed by atoms with Crippen molar-refractivity contribution in [1.29, 1.82) is 0 Å². The topological polar surface area (TPSA) is 59.6 Å². The molecule has 3 N–H and O–H groups in total. The third-order valence-electron chi connectivity index (χ3n) is 2.58. The van der Waals surface area contributed by atoms with E-state index in [1.165, 1.54) is 0 Å². The molecular weight excluding hydrogens is 214 g/mol. The normalized spacial score (nSPS) is 20.9. The molecule has 0 saturated carbocycles. The van der Waals surface area contributed by atoms with Gasteiger partial charge in [-0.25, -0.2) is 0 Å². The van der Waals surface area contributed by atoms with Crippen LogP contribution in [0.2, 0.25) is 0 Å². The lowest BCUT2D eigenvalue weighted by molar-refractivity contribution is 0.282. The molecule has 1 heterocycles. The van der Waals surface area contributed by atoms with Gasteiger partial charge in [0.2, 0.25) is 0 Å². The maximum absolute atomic E-state index is 5.78. The summed E-state index contributed by atoms with van der Waals surface area (Å²) < 4.78 is 5.78. The fourth-order valence-electron chi connectivity index (χ4n) is 1.68. The molecule has 0 aromatic heterocycles. The van der Waals surface area contributed by atoms with Gasteiger partial charge in [-0.1, -0.05) is 13.8 Å². The van der Waals surface area contributed by atoms with Gasteiger partial charge in [-0.15, -0.1) is 0 Å². The van der Waals surface area contributed by atoms with Gasteiger partial charge in [0.25, 0.3) is 0 Å². The van der Waals surface area contributed by atoms with Crippen LogP contribution in [0.5, 0.6) is 5.75 Å². The molecule has 0 aliphatic carbocycles. The van der Waals surface area contributed by atoms with Crippen LogP contribution < -0.4 is 15.8 Å². The second kappa shape index (κ2) is 4.65. The molecule has 0 saturated heterocycles. The van der Waals surface area contributed by atoms with E-state index in [0.29, 0.717) is 5.92 Å². The molecule has 0 fully saturated rings. The van der Waals surface area contributed by atoms with E-state index in [9.17, 15) is 0 Å². The van der Waals surface area contributed by atoms with Crippen LogP contribution in [-0.2, 0) is 0 Å². The van der Waals surface area contributed by atoms with Crippen molar-refractivity contribution in [3.63, 3.8) is 0 Å². The molecule has 1 aromatic rings. The number of amidine groups is 1. The Labute approximate surface area is 102 Å². The van der Waals surface area contributed by atoms with Crippen LogP contribution in [0.15, 0.2) is 23.2 Å². The highest BCUT2D eigenvalue weighted by atomic mass is 16.5. The Balaban J connectivity index is 2.22. The van der Waals surface area contributed by atoms with Gasteiger partial charge in [-0.2, -0.15) is 0 Å². The molecule has 92 valence electrons. The van der Waals surface area contributed by atoms with Crippen molar-refractivity contribution >= 4 is 17.2 Å². The average molecular weight is 233 g/mol. The predicted octanol–water partition coefficient (Wildman–Crippen LogP) is 2.52. The van der Waals surface area contributed by atoms with Crippen molar-refractivity contribution in [2.24, 2.45) is 10.9 Å². The molecule has 4 nitrogen and oxygen atoms in total. The monoisotopic (exact) mass is 233 g/mol. The molecule has 2 rings (SSSR count). The molecule has 1 unspecified atom stereocenters. The molecule has 0 bridgehead atoms. The Morgan fingerprint density at radius 2 is 2.24 bits per heavy atom. The van der Waals surface area contributed by atoms with Gasteiger partial charge >= 0.3 is 0 Å². The quantitative estimate of drug-likeness (QED) is 0.772. The summed E-state index contributed by atoms with van der Waals surface area (Å²) in [5.74, 6) is 2.24. The third kappa shape index (κ3) is 2.70. The lowest BCUT2D eigenvalue weighted by atomic mass is 10.2. The number of nitrogens with two attached hydrogens (primary N) is 1. The van der Waals surface area contributed by atoms with E-state index >= 15 is 0 Å². The highest BCUT2D eigenvalue weighted by molar-refractivity contribution is 6.02. The smallest absolute Gasteiger partial charge is 0.153 e. The molecule has 4 heteroatoms. The molecular formula is C13H19N3O. The minimum atomic E-state index is -0.0372. The number of benzene rings is 1. The van der Waals surface area contributed by atoms with E-state index in [1.807, 2.05) is 25.1 Å². The Hall–Kier alpha value is -1.71. The molecule has 17 heavy (non-hydrogen) atoms. The third-order valence-corrected chi connectivity index (χ3v) is 2.58. The van der Waals surface area contributed by atoms with E-state index < -0.39 is 0 Å². The van der Waals surface area contributed by atoms with Gasteiger partial charge < -0.3 is 15.8 Å². The summed E-state index contributed by atoms with van der Waals surface area (Å²) >= 11 is 0. The SMILES string of the molecule is CC(C)CN=C1Nc2cc(N)ccc2OC1C. The number of hydrogen-bond acceptors (Lipinski definition) is 3. The highest BCUT2D eigenvalue weighted by Crippen LogP contribution is 2.31. The molecule has 0 spiro atoms. The zero-order chi connectivity index (χ0) is 12.4. The number of nitrogens with zero attached hydrogens (tertiary/aromatic N) is 1.